The lowest BCUT2D eigenvalue weighted by molar-refractivity contribution is 0.415. The lowest BCUT2D eigenvalue weighted by Crippen LogP contribution is -2.08. The van der Waals surface area contributed by atoms with Crippen LogP contribution in [0.4, 0.5) is 5.69 Å². The Bertz CT molecular complexity index is 531. The molecule has 0 saturated heterocycles. The topological polar surface area (TPSA) is 57.9 Å². The van der Waals surface area contributed by atoms with Crippen LogP contribution in [0, 0.1) is 11.3 Å². The van der Waals surface area contributed by atoms with Gasteiger partial charge in [0.25, 0.3) is 0 Å². The van der Waals surface area contributed by atoms with Crippen LogP contribution in [0.2, 0.25) is 0 Å². The van der Waals surface area contributed by atoms with Crippen molar-refractivity contribution in [3.63, 3.8) is 0 Å². The second-order valence-electron chi connectivity index (χ2n) is 3.72. The lowest BCUT2D eigenvalue weighted by atomic mass is 10.1. The molecule has 2 rings (SSSR count). The normalized spacial score (nSPS) is 11.3. The number of nitrogens with zero attached hydrogens (tertiary/aromatic N) is 2. The van der Waals surface area contributed by atoms with Crippen molar-refractivity contribution in [2.75, 3.05) is 12.4 Å². The minimum Gasteiger partial charge on any atom is -0.497 e. The summed E-state index contributed by atoms with van der Waals surface area (Å²) in [6, 6.07) is 12.9. The van der Waals surface area contributed by atoms with Crippen molar-refractivity contribution in [3.05, 3.63) is 54.4 Å². The zero-order valence-corrected chi connectivity index (χ0v) is 10.00. The summed E-state index contributed by atoms with van der Waals surface area (Å²) in [6.07, 6.45) is 3.37. The fraction of sp³-hybridized carbons (Fsp3) is 0.143. The highest BCUT2D eigenvalue weighted by Gasteiger charge is 2.09. The van der Waals surface area contributed by atoms with E-state index in [0.717, 1.165) is 17.0 Å². The van der Waals surface area contributed by atoms with E-state index in [0.29, 0.717) is 0 Å². The van der Waals surface area contributed by atoms with Crippen molar-refractivity contribution in [1.29, 1.82) is 5.26 Å². The molecule has 0 saturated carbocycles. The highest BCUT2D eigenvalue weighted by molar-refractivity contribution is 5.49. The predicted octanol–water partition coefficient (Wildman–Crippen LogP) is 2.77. The Labute approximate surface area is 106 Å². The van der Waals surface area contributed by atoms with Crippen LogP contribution >= 0.6 is 0 Å². The summed E-state index contributed by atoms with van der Waals surface area (Å²) in [5.41, 5.74) is 1.71. The molecule has 18 heavy (non-hydrogen) atoms. The molecule has 2 aromatic rings. The first-order valence-electron chi connectivity index (χ1n) is 5.53. The van der Waals surface area contributed by atoms with E-state index in [2.05, 4.69) is 16.4 Å². The second-order valence-corrected chi connectivity index (χ2v) is 3.72. The number of hydrogen-bond acceptors (Lipinski definition) is 4. The predicted molar refractivity (Wildman–Crippen MR) is 69.2 cm³/mol. The molecular formula is C14H13N3O. The van der Waals surface area contributed by atoms with Crippen molar-refractivity contribution >= 4 is 5.69 Å². The van der Waals surface area contributed by atoms with Gasteiger partial charge in [-0.2, -0.15) is 5.26 Å². The zero-order chi connectivity index (χ0) is 12.8. The second kappa shape index (κ2) is 5.69. The molecule has 0 fully saturated rings. The van der Waals surface area contributed by atoms with Gasteiger partial charge in [-0.15, -0.1) is 0 Å². The van der Waals surface area contributed by atoms with E-state index in [4.69, 9.17) is 4.74 Å². The lowest BCUT2D eigenvalue weighted by Gasteiger charge is -2.13. The number of hydrogen-bond donors (Lipinski definition) is 1. The van der Waals surface area contributed by atoms with Crippen molar-refractivity contribution in [3.8, 4) is 11.8 Å². The van der Waals surface area contributed by atoms with Crippen LogP contribution in [0.15, 0.2) is 48.8 Å². The van der Waals surface area contributed by atoms with Gasteiger partial charge in [-0.25, -0.2) is 0 Å². The summed E-state index contributed by atoms with van der Waals surface area (Å²) in [5, 5.41) is 12.3. The number of aromatic nitrogens is 1. The summed E-state index contributed by atoms with van der Waals surface area (Å²) in [6.45, 7) is 0. The van der Waals surface area contributed by atoms with Crippen LogP contribution in [0.5, 0.6) is 5.75 Å². The minimum atomic E-state index is -0.410. The highest BCUT2D eigenvalue weighted by Crippen LogP contribution is 2.20. The van der Waals surface area contributed by atoms with E-state index in [-0.39, 0.29) is 0 Å². The van der Waals surface area contributed by atoms with Crippen LogP contribution in [0.25, 0.3) is 0 Å². The van der Waals surface area contributed by atoms with Gasteiger partial charge in [-0.1, -0.05) is 6.07 Å². The third-order valence-electron chi connectivity index (χ3n) is 2.55. The SMILES string of the molecule is COc1ccc(NC(C#N)c2cccnc2)cc1. The van der Waals surface area contributed by atoms with E-state index >= 15 is 0 Å². The molecule has 1 atom stereocenters. The number of nitriles is 1. The average Bonchev–Trinajstić information content (AvgIpc) is 2.46. The molecule has 1 heterocycles. The summed E-state index contributed by atoms with van der Waals surface area (Å²) >= 11 is 0. The van der Waals surface area contributed by atoms with E-state index in [9.17, 15) is 5.26 Å². The third kappa shape index (κ3) is 2.77. The van der Waals surface area contributed by atoms with Crippen LogP contribution in [-0.4, -0.2) is 12.1 Å². The smallest absolute Gasteiger partial charge is 0.141 e. The van der Waals surface area contributed by atoms with E-state index in [1.807, 2.05) is 36.4 Å². The maximum Gasteiger partial charge on any atom is 0.141 e. The molecule has 0 radical (unpaired) electrons. The van der Waals surface area contributed by atoms with Gasteiger partial charge in [-0.3, -0.25) is 4.98 Å². The summed E-state index contributed by atoms with van der Waals surface area (Å²) in [5.74, 6) is 0.787. The average molecular weight is 239 g/mol. The molecule has 0 spiro atoms. The number of anilines is 1. The first-order valence-corrected chi connectivity index (χ1v) is 5.53. The Balaban J connectivity index is 2.13. The molecule has 4 heteroatoms. The number of nitrogens with one attached hydrogen (secondary N) is 1. The summed E-state index contributed by atoms with van der Waals surface area (Å²) < 4.78 is 5.08. The molecule has 0 aliphatic carbocycles. The maximum absolute atomic E-state index is 9.18. The van der Waals surface area contributed by atoms with E-state index in [1.54, 1.807) is 19.5 Å². The number of benzene rings is 1. The van der Waals surface area contributed by atoms with Crippen LogP contribution in [-0.2, 0) is 0 Å². The molecule has 1 N–H and O–H groups in total. The number of ether oxygens (including phenoxy) is 1. The first kappa shape index (κ1) is 11.9. The molecule has 4 nitrogen and oxygen atoms in total. The molecule has 1 aromatic heterocycles. The standard InChI is InChI=1S/C14H13N3O/c1-18-13-6-4-12(5-7-13)17-14(9-15)11-3-2-8-16-10-11/h2-8,10,14,17H,1H3. The monoisotopic (exact) mass is 239 g/mol. The molecular weight excluding hydrogens is 226 g/mol. The fourth-order valence-electron chi connectivity index (χ4n) is 1.59. The Morgan fingerprint density at radius 3 is 2.61 bits per heavy atom. The van der Waals surface area contributed by atoms with Gasteiger partial charge in [-0.05, 0) is 30.3 Å². The van der Waals surface area contributed by atoms with Crippen molar-refractivity contribution in [2.24, 2.45) is 0 Å². The largest absolute Gasteiger partial charge is 0.497 e. The summed E-state index contributed by atoms with van der Waals surface area (Å²) in [7, 11) is 1.62. The van der Waals surface area contributed by atoms with Gasteiger partial charge >= 0.3 is 0 Å². The Hall–Kier alpha value is -2.54. The highest BCUT2D eigenvalue weighted by atomic mass is 16.5. The van der Waals surface area contributed by atoms with Gasteiger partial charge in [0.15, 0.2) is 0 Å². The molecule has 0 aliphatic rings. The van der Waals surface area contributed by atoms with E-state index in [1.165, 1.54) is 0 Å². The van der Waals surface area contributed by atoms with Gasteiger partial charge < -0.3 is 10.1 Å². The molecule has 1 unspecified atom stereocenters. The van der Waals surface area contributed by atoms with Crippen LogP contribution in [0.1, 0.15) is 11.6 Å². The fourth-order valence-corrected chi connectivity index (χ4v) is 1.59. The van der Waals surface area contributed by atoms with E-state index < -0.39 is 6.04 Å². The first-order chi connectivity index (χ1) is 8.83. The Morgan fingerprint density at radius 2 is 2.06 bits per heavy atom. The molecule has 0 bridgehead atoms. The van der Waals surface area contributed by atoms with Gasteiger partial charge in [0.1, 0.15) is 11.8 Å². The number of pyridine rings is 1. The Kier molecular flexibility index (Phi) is 3.77. The molecule has 1 aromatic carbocycles. The zero-order valence-electron chi connectivity index (χ0n) is 10.00. The quantitative estimate of drug-likeness (QED) is 0.891. The number of rotatable bonds is 4. The van der Waals surface area contributed by atoms with Crippen molar-refractivity contribution < 1.29 is 4.74 Å². The van der Waals surface area contributed by atoms with Gasteiger partial charge in [0.2, 0.25) is 0 Å². The third-order valence-corrected chi connectivity index (χ3v) is 2.55. The van der Waals surface area contributed by atoms with Crippen molar-refractivity contribution in [1.82, 2.24) is 4.98 Å². The van der Waals surface area contributed by atoms with Gasteiger partial charge in [0, 0.05) is 23.6 Å². The molecule has 90 valence electrons. The number of methoxy groups -OCH3 is 1. The van der Waals surface area contributed by atoms with Crippen LogP contribution < -0.4 is 10.1 Å². The minimum absolute atomic E-state index is 0.410. The summed E-state index contributed by atoms with van der Waals surface area (Å²) in [4.78, 5) is 4.01. The molecule has 0 amide bonds. The van der Waals surface area contributed by atoms with Crippen LogP contribution in [0.3, 0.4) is 0 Å². The van der Waals surface area contributed by atoms with Crippen molar-refractivity contribution in [2.45, 2.75) is 6.04 Å². The van der Waals surface area contributed by atoms with Gasteiger partial charge in [0.05, 0.1) is 13.2 Å². The maximum atomic E-state index is 9.18. The Morgan fingerprint density at radius 1 is 1.28 bits per heavy atom. The molecule has 0 aliphatic heterocycles.